The van der Waals surface area contributed by atoms with Gasteiger partial charge in [0, 0.05) is 5.69 Å². The average molecular weight is 272 g/mol. The van der Waals surface area contributed by atoms with Crippen LogP contribution in [0.4, 0.5) is 15.2 Å². The lowest BCUT2D eigenvalue weighted by atomic mass is 10.2. The SMILES string of the molecule is Cc1cc(F)cc(Nc2nc3c(C)cccc3s2)c1. The molecule has 4 heteroatoms. The molecule has 0 fully saturated rings. The summed E-state index contributed by atoms with van der Waals surface area (Å²) in [4.78, 5) is 4.55. The molecule has 0 aliphatic heterocycles. The van der Waals surface area contributed by atoms with Gasteiger partial charge in [-0.25, -0.2) is 9.37 Å². The smallest absolute Gasteiger partial charge is 0.188 e. The van der Waals surface area contributed by atoms with Crippen molar-refractivity contribution in [3.63, 3.8) is 0 Å². The Balaban J connectivity index is 1.99. The predicted molar refractivity (Wildman–Crippen MR) is 78.8 cm³/mol. The molecule has 0 unspecified atom stereocenters. The minimum atomic E-state index is -0.236. The molecular weight excluding hydrogens is 259 g/mol. The highest BCUT2D eigenvalue weighted by Crippen LogP contribution is 2.30. The minimum absolute atomic E-state index is 0.236. The van der Waals surface area contributed by atoms with Gasteiger partial charge in [-0.2, -0.15) is 0 Å². The van der Waals surface area contributed by atoms with Crippen LogP contribution in [0.3, 0.4) is 0 Å². The molecule has 0 spiro atoms. The van der Waals surface area contributed by atoms with Gasteiger partial charge in [-0.1, -0.05) is 23.5 Å². The van der Waals surface area contributed by atoms with Crippen molar-refractivity contribution < 1.29 is 4.39 Å². The normalized spacial score (nSPS) is 10.9. The van der Waals surface area contributed by atoms with Gasteiger partial charge in [-0.15, -0.1) is 0 Å². The zero-order valence-electron chi connectivity index (χ0n) is 10.7. The van der Waals surface area contributed by atoms with Gasteiger partial charge in [0.25, 0.3) is 0 Å². The van der Waals surface area contributed by atoms with Gasteiger partial charge in [0.15, 0.2) is 5.13 Å². The number of nitrogens with zero attached hydrogens (tertiary/aromatic N) is 1. The molecule has 19 heavy (non-hydrogen) atoms. The Bertz CT molecular complexity index is 729. The van der Waals surface area contributed by atoms with Gasteiger partial charge in [0.05, 0.1) is 10.2 Å². The molecule has 0 bridgehead atoms. The van der Waals surface area contributed by atoms with Crippen LogP contribution in [0.25, 0.3) is 10.2 Å². The number of fused-ring (bicyclic) bond motifs is 1. The maximum Gasteiger partial charge on any atom is 0.188 e. The molecule has 0 radical (unpaired) electrons. The Hall–Kier alpha value is -1.94. The number of para-hydroxylation sites is 1. The van der Waals surface area contributed by atoms with Crippen LogP contribution in [0.1, 0.15) is 11.1 Å². The minimum Gasteiger partial charge on any atom is -0.331 e. The summed E-state index contributed by atoms with van der Waals surface area (Å²) in [7, 11) is 0. The molecule has 2 aromatic carbocycles. The maximum atomic E-state index is 13.3. The van der Waals surface area contributed by atoms with Crippen molar-refractivity contribution in [1.82, 2.24) is 4.98 Å². The number of thiazole rings is 1. The second kappa shape index (κ2) is 4.63. The third-order valence-corrected chi connectivity index (χ3v) is 3.85. The molecule has 1 N–H and O–H groups in total. The van der Waals surface area contributed by atoms with E-state index in [1.807, 2.05) is 38.1 Å². The zero-order valence-corrected chi connectivity index (χ0v) is 11.5. The summed E-state index contributed by atoms with van der Waals surface area (Å²) in [6.45, 7) is 3.91. The van der Waals surface area contributed by atoms with Crippen molar-refractivity contribution in [1.29, 1.82) is 0 Å². The van der Waals surface area contributed by atoms with E-state index in [0.29, 0.717) is 0 Å². The number of rotatable bonds is 2. The van der Waals surface area contributed by atoms with E-state index in [2.05, 4.69) is 10.3 Å². The summed E-state index contributed by atoms with van der Waals surface area (Å²) in [5, 5.41) is 3.96. The number of halogens is 1. The van der Waals surface area contributed by atoms with Gasteiger partial charge >= 0.3 is 0 Å². The van der Waals surface area contributed by atoms with Crippen molar-refractivity contribution >= 4 is 32.4 Å². The Morgan fingerprint density at radius 2 is 2.00 bits per heavy atom. The van der Waals surface area contributed by atoms with Crippen LogP contribution in [0, 0.1) is 19.7 Å². The van der Waals surface area contributed by atoms with Crippen molar-refractivity contribution in [2.24, 2.45) is 0 Å². The number of hydrogen-bond acceptors (Lipinski definition) is 3. The molecule has 96 valence electrons. The van der Waals surface area contributed by atoms with E-state index in [9.17, 15) is 4.39 Å². The number of aryl methyl sites for hydroxylation is 2. The summed E-state index contributed by atoms with van der Waals surface area (Å²) < 4.78 is 14.5. The van der Waals surface area contributed by atoms with Crippen LogP contribution < -0.4 is 5.32 Å². The van der Waals surface area contributed by atoms with E-state index in [1.165, 1.54) is 12.1 Å². The Morgan fingerprint density at radius 1 is 1.16 bits per heavy atom. The second-order valence-corrected chi connectivity index (χ2v) is 5.61. The van der Waals surface area contributed by atoms with Gasteiger partial charge in [-0.3, -0.25) is 0 Å². The van der Waals surface area contributed by atoms with Gasteiger partial charge in [0.2, 0.25) is 0 Å². The first-order valence-electron chi connectivity index (χ1n) is 6.02. The molecule has 1 heterocycles. The van der Waals surface area contributed by atoms with Crippen molar-refractivity contribution in [3.8, 4) is 0 Å². The van der Waals surface area contributed by atoms with Crippen molar-refractivity contribution in [2.45, 2.75) is 13.8 Å². The van der Waals surface area contributed by atoms with Gasteiger partial charge in [-0.05, 0) is 49.2 Å². The first-order valence-corrected chi connectivity index (χ1v) is 6.84. The average Bonchev–Trinajstić information content (AvgIpc) is 2.71. The third kappa shape index (κ3) is 2.44. The Kier molecular flexibility index (Phi) is 2.95. The highest BCUT2D eigenvalue weighted by Gasteiger charge is 2.06. The third-order valence-electron chi connectivity index (χ3n) is 2.91. The number of anilines is 2. The molecule has 0 saturated heterocycles. The van der Waals surface area contributed by atoms with Crippen LogP contribution in [0.15, 0.2) is 36.4 Å². The van der Waals surface area contributed by atoms with Crippen LogP contribution >= 0.6 is 11.3 Å². The van der Waals surface area contributed by atoms with E-state index < -0.39 is 0 Å². The highest BCUT2D eigenvalue weighted by atomic mass is 32.1. The monoisotopic (exact) mass is 272 g/mol. The lowest BCUT2D eigenvalue weighted by molar-refractivity contribution is 0.627. The van der Waals surface area contributed by atoms with Crippen LogP contribution in [-0.2, 0) is 0 Å². The van der Waals surface area contributed by atoms with Crippen LogP contribution in [0.5, 0.6) is 0 Å². The summed E-state index contributed by atoms with van der Waals surface area (Å²) in [5.41, 5.74) is 3.77. The van der Waals surface area contributed by atoms with Gasteiger partial charge < -0.3 is 5.32 Å². The topological polar surface area (TPSA) is 24.9 Å². The molecular formula is C15H13FN2S. The van der Waals surface area contributed by atoms with E-state index in [-0.39, 0.29) is 5.82 Å². The van der Waals surface area contributed by atoms with Crippen molar-refractivity contribution in [2.75, 3.05) is 5.32 Å². The van der Waals surface area contributed by atoms with E-state index in [0.717, 1.165) is 32.2 Å². The summed E-state index contributed by atoms with van der Waals surface area (Å²) >= 11 is 1.57. The first-order chi connectivity index (χ1) is 9.11. The largest absolute Gasteiger partial charge is 0.331 e. The second-order valence-electron chi connectivity index (χ2n) is 4.58. The molecule has 0 aliphatic rings. The molecule has 3 aromatic rings. The molecule has 0 atom stereocenters. The number of benzene rings is 2. The van der Waals surface area contributed by atoms with E-state index >= 15 is 0 Å². The summed E-state index contributed by atoms with van der Waals surface area (Å²) in [6.07, 6.45) is 0. The van der Waals surface area contributed by atoms with Crippen LogP contribution in [0.2, 0.25) is 0 Å². The summed E-state index contributed by atoms with van der Waals surface area (Å²) in [6, 6.07) is 11.0. The van der Waals surface area contributed by atoms with Crippen LogP contribution in [-0.4, -0.2) is 4.98 Å². The van der Waals surface area contributed by atoms with Gasteiger partial charge in [0.1, 0.15) is 5.82 Å². The lowest BCUT2D eigenvalue weighted by Crippen LogP contribution is -1.91. The molecule has 0 saturated carbocycles. The Morgan fingerprint density at radius 3 is 2.74 bits per heavy atom. The highest BCUT2D eigenvalue weighted by molar-refractivity contribution is 7.22. The quantitative estimate of drug-likeness (QED) is 0.725. The number of hydrogen-bond donors (Lipinski definition) is 1. The van der Waals surface area contributed by atoms with Crippen molar-refractivity contribution in [3.05, 3.63) is 53.3 Å². The molecule has 3 rings (SSSR count). The lowest BCUT2D eigenvalue weighted by Gasteiger charge is -2.03. The molecule has 1 aromatic heterocycles. The molecule has 0 aliphatic carbocycles. The zero-order chi connectivity index (χ0) is 13.4. The number of aromatic nitrogens is 1. The first kappa shape index (κ1) is 12.1. The van der Waals surface area contributed by atoms with E-state index in [1.54, 1.807) is 11.3 Å². The fourth-order valence-corrected chi connectivity index (χ4v) is 3.04. The summed E-state index contributed by atoms with van der Waals surface area (Å²) in [5.74, 6) is -0.236. The van der Waals surface area contributed by atoms with E-state index in [4.69, 9.17) is 0 Å². The maximum absolute atomic E-state index is 13.3. The number of nitrogens with one attached hydrogen (secondary N) is 1. The fraction of sp³-hybridized carbons (Fsp3) is 0.133. The fourth-order valence-electron chi connectivity index (χ4n) is 2.07. The molecule has 0 amide bonds. The molecule has 2 nitrogen and oxygen atoms in total. The standard InChI is InChI=1S/C15H13FN2S/c1-9-6-11(16)8-12(7-9)17-15-18-14-10(2)4-3-5-13(14)19-15/h3-8H,1-2H3,(H,17,18). The predicted octanol–water partition coefficient (Wildman–Crippen LogP) is 4.80. The Labute approximate surface area is 114 Å².